The second kappa shape index (κ2) is 9.51. The maximum atomic E-state index is 3.66. The van der Waals surface area contributed by atoms with E-state index in [1.165, 1.54) is 24.8 Å². The third-order valence-electron chi connectivity index (χ3n) is 2.14. The zero-order valence-electron chi connectivity index (χ0n) is 10.4. The smallest absolute Gasteiger partial charge is 0.0348 e. The van der Waals surface area contributed by atoms with Gasteiger partial charge in [0.25, 0.3) is 0 Å². The highest BCUT2D eigenvalue weighted by Gasteiger charge is 1.90. The molecule has 0 bridgehead atoms. The van der Waals surface area contributed by atoms with E-state index >= 15 is 0 Å². The first kappa shape index (κ1) is 14.0. The fourth-order valence-corrected chi connectivity index (χ4v) is 1.27. The molecule has 0 nitrogen and oxygen atoms in total. The van der Waals surface area contributed by atoms with E-state index in [-0.39, 0.29) is 0 Å². The molecule has 0 amide bonds. The van der Waals surface area contributed by atoms with E-state index < -0.39 is 0 Å². The summed E-state index contributed by atoms with van der Waals surface area (Å²) in [7, 11) is 0. The van der Waals surface area contributed by atoms with Crippen molar-refractivity contribution in [2.24, 2.45) is 5.92 Å². The van der Waals surface area contributed by atoms with Crippen LogP contribution in [0.1, 0.15) is 40.0 Å². The van der Waals surface area contributed by atoms with Crippen LogP contribution in [0.2, 0.25) is 0 Å². The minimum absolute atomic E-state index is 0.826. The van der Waals surface area contributed by atoms with Crippen molar-refractivity contribution in [3.63, 3.8) is 0 Å². The summed E-state index contributed by atoms with van der Waals surface area (Å²) in [6.45, 7) is 10.3. The molecule has 0 aromatic carbocycles. The average Bonchev–Trinajstić information content (AvgIpc) is 2.16. The van der Waals surface area contributed by atoms with Crippen molar-refractivity contribution in [1.82, 2.24) is 0 Å². The normalized spacial score (nSPS) is 13.2. The summed E-state index contributed by atoms with van der Waals surface area (Å²) in [5.74, 6) is 0.826. The Morgan fingerprint density at radius 1 is 1.27 bits per heavy atom. The molecule has 0 aromatic heterocycles. The van der Waals surface area contributed by atoms with Gasteiger partial charge in [-0.05, 0) is 25.7 Å². The third kappa shape index (κ3) is 10.9. The number of hydrogen-bond donors (Lipinski definition) is 0. The van der Waals surface area contributed by atoms with Crippen LogP contribution in [0.25, 0.3) is 0 Å². The first-order valence-electron chi connectivity index (χ1n) is 5.79. The fraction of sp³-hybridized carbons (Fsp3) is 0.467. The second-order valence-corrected chi connectivity index (χ2v) is 4.26. The van der Waals surface area contributed by atoms with E-state index in [9.17, 15) is 0 Å². The van der Waals surface area contributed by atoms with E-state index in [0.717, 1.165) is 5.92 Å². The van der Waals surface area contributed by atoms with Crippen molar-refractivity contribution in [2.75, 3.05) is 0 Å². The van der Waals surface area contributed by atoms with Crippen molar-refractivity contribution in [2.45, 2.75) is 40.0 Å². The molecule has 0 fully saturated rings. The Labute approximate surface area is 95.1 Å². The summed E-state index contributed by atoms with van der Waals surface area (Å²) in [5, 5.41) is 0. The molecule has 0 heteroatoms. The fourth-order valence-electron chi connectivity index (χ4n) is 1.27. The van der Waals surface area contributed by atoms with Crippen LogP contribution in [-0.2, 0) is 0 Å². The highest BCUT2D eigenvalue weighted by molar-refractivity contribution is 5.23. The summed E-state index contributed by atoms with van der Waals surface area (Å²) in [5.41, 5.74) is 1.23. The van der Waals surface area contributed by atoms with Gasteiger partial charge in [-0.2, -0.15) is 0 Å². The Morgan fingerprint density at radius 2 is 2.00 bits per heavy atom. The number of hydrogen-bond acceptors (Lipinski definition) is 0. The van der Waals surface area contributed by atoms with E-state index in [1.807, 2.05) is 12.2 Å². The number of rotatable bonds is 7. The molecule has 0 saturated heterocycles. The lowest BCUT2D eigenvalue weighted by atomic mass is 10.1. The Morgan fingerprint density at radius 3 is 2.60 bits per heavy atom. The molecule has 0 saturated carbocycles. The third-order valence-corrected chi connectivity index (χ3v) is 2.14. The van der Waals surface area contributed by atoms with Gasteiger partial charge in [0.2, 0.25) is 0 Å². The predicted molar refractivity (Wildman–Crippen MR) is 70.9 cm³/mol. The molecule has 0 aliphatic rings. The van der Waals surface area contributed by atoms with E-state index in [1.54, 1.807) is 0 Å². The van der Waals surface area contributed by atoms with Crippen molar-refractivity contribution in [1.29, 1.82) is 0 Å². The zero-order valence-corrected chi connectivity index (χ0v) is 10.4. The first-order valence-corrected chi connectivity index (χ1v) is 5.79. The van der Waals surface area contributed by atoms with Gasteiger partial charge in [0, 0.05) is 0 Å². The first-order chi connectivity index (χ1) is 7.16. The van der Waals surface area contributed by atoms with Gasteiger partial charge in [0.1, 0.15) is 0 Å². The molecule has 84 valence electrons. The van der Waals surface area contributed by atoms with Crippen molar-refractivity contribution >= 4 is 0 Å². The summed E-state index contributed by atoms with van der Waals surface area (Å²) >= 11 is 0. The Hall–Kier alpha value is -1.04. The van der Waals surface area contributed by atoms with Crippen LogP contribution in [-0.4, -0.2) is 0 Å². The standard InChI is InChI=1S/C15H24/c1-5-11-15(4)13-10-8-6-7-9-12-14(2)3/h5-6,8,10-11,13-14H,1,7,9,12H2,2-4H3/b8-6+,13-10+,15-11+. The zero-order chi connectivity index (χ0) is 11.5. The largest absolute Gasteiger partial charge is 0.0991 e. The van der Waals surface area contributed by atoms with Gasteiger partial charge in [-0.3, -0.25) is 0 Å². The molecule has 0 radical (unpaired) electrons. The van der Waals surface area contributed by atoms with Crippen LogP contribution in [0.15, 0.2) is 48.6 Å². The molecule has 0 spiro atoms. The van der Waals surface area contributed by atoms with E-state index in [0.29, 0.717) is 0 Å². The van der Waals surface area contributed by atoms with E-state index in [2.05, 4.69) is 51.7 Å². The quantitative estimate of drug-likeness (QED) is 0.402. The lowest BCUT2D eigenvalue weighted by Crippen LogP contribution is -1.84. The second-order valence-electron chi connectivity index (χ2n) is 4.26. The summed E-state index contributed by atoms with van der Waals surface area (Å²) in [4.78, 5) is 0. The Kier molecular flexibility index (Phi) is 8.85. The van der Waals surface area contributed by atoms with Crippen LogP contribution in [0, 0.1) is 5.92 Å². The van der Waals surface area contributed by atoms with E-state index in [4.69, 9.17) is 0 Å². The van der Waals surface area contributed by atoms with Gasteiger partial charge in [0.05, 0.1) is 0 Å². The van der Waals surface area contributed by atoms with Gasteiger partial charge in [-0.15, -0.1) is 0 Å². The summed E-state index contributed by atoms with van der Waals surface area (Å²) in [6.07, 6.45) is 16.2. The molecule has 0 aliphatic carbocycles. The molecule has 15 heavy (non-hydrogen) atoms. The van der Waals surface area contributed by atoms with Crippen molar-refractivity contribution in [3.8, 4) is 0 Å². The molecule has 0 aromatic rings. The molecule has 0 unspecified atom stereocenters. The van der Waals surface area contributed by atoms with Gasteiger partial charge in [-0.25, -0.2) is 0 Å². The SMILES string of the molecule is C=C/C=C(C)/C=C/C=C/CCCC(C)C. The van der Waals surface area contributed by atoms with Crippen LogP contribution in [0.3, 0.4) is 0 Å². The molecular weight excluding hydrogens is 180 g/mol. The molecule has 0 N–H and O–H groups in total. The lowest BCUT2D eigenvalue weighted by molar-refractivity contribution is 0.560. The minimum Gasteiger partial charge on any atom is -0.0991 e. The van der Waals surface area contributed by atoms with Crippen LogP contribution < -0.4 is 0 Å². The van der Waals surface area contributed by atoms with Crippen molar-refractivity contribution in [3.05, 3.63) is 48.6 Å². The summed E-state index contributed by atoms with van der Waals surface area (Å²) < 4.78 is 0. The monoisotopic (exact) mass is 204 g/mol. The molecular formula is C15H24. The number of allylic oxidation sites excluding steroid dienone is 7. The van der Waals surface area contributed by atoms with Gasteiger partial charge in [-0.1, -0.05) is 68.9 Å². The topological polar surface area (TPSA) is 0 Å². The van der Waals surface area contributed by atoms with Crippen LogP contribution in [0.5, 0.6) is 0 Å². The number of unbranched alkanes of at least 4 members (excludes halogenated alkanes) is 1. The van der Waals surface area contributed by atoms with Gasteiger partial charge >= 0.3 is 0 Å². The maximum absolute atomic E-state index is 3.66. The minimum atomic E-state index is 0.826. The average molecular weight is 204 g/mol. The molecule has 0 rings (SSSR count). The molecule has 0 aliphatic heterocycles. The summed E-state index contributed by atoms with van der Waals surface area (Å²) in [6, 6.07) is 0. The molecule has 0 atom stereocenters. The van der Waals surface area contributed by atoms with Crippen LogP contribution >= 0.6 is 0 Å². The maximum Gasteiger partial charge on any atom is -0.0348 e. The van der Waals surface area contributed by atoms with Gasteiger partial charge < -0.3 is 0 Å². The Balaban J connectivity index is 3.62. The lowest BCUT2D eigenvalue weighted by Gasteiger charge is -1.99. The van der Waals surface area contributed by atoms with Gasteiger partial charge in [0.15, 0.2) is 0 Å². The predicted octanol–water partition coefficient (Wildman–Crippen LogP) is 5.06. The highest BCUT2D eigenvalue weighted by atomic mass is 14.0. The van der Waals surface area contributed by atoms with Crippen LogP contribution in [0.4, 0.5) is 0 Å². The Bertz CT molecular complexity index is 239. The van der Waals surface area contributed by atoms with Crippen molar-refractivity contribution < 1.29 is 0 Å². The molecule has 0 heterocycles. The highest BCUT2D eigenvalue weighted by Crippen LogP contribution is 2.06.